The van der Waals surface area contributed by atoms with Crippen molar-refractivity contribution in [2.45, 2.75) is 25.8 Å². The molecular weight excluding hydrogens is 340 g/mol. The van der Waals surface area contributed by atoms with Crippen LogP contribution >= 0.6 is 0 Å². The van der Waals surface area contributed by atoms with Crippen LogP contribution in [0, 0.1) is 5.92 Å². The fourth-order valence-electron chi connectivity index (χ4n) is 3.69. The molecule has 6 nitrogen and oxygen atoms in total. The normalized spacial score (nSPS) is 16.4. The number of hydrogen-bond acceptors (Lipinski definition) is 5. The number of para-hydroxylation sites is 1. The minimum atomic E-state index is -0.0945. The number of hydrogen-bond donors (Lipinski definition) is 0. The molecule has 1 unspecified atom stereocenters. The quantitative estimate of drug-likeness (QED) is 0.707. The molecule has 0 saturated carbocycles. The van der Waals surface area contributed by atoms with Gasteiger partial charge >= 0.3 is 0 Å². The molecule has 1 fully saturated rings. The van der Waals surface area contributed by atoms with Gasteiger partial charge in [0.1, 0.15) is 17.2 Å². The Kier molecular flexibility index (Phi) is 4.79. The van der Waals surface area contributed by atoms with Gasteiger partial charge in [0.2, 0.25) is 5.91 Å². The van der Waals surface area contributed by atoms with Gasteiger partial charge in [-0.15, -0.1) is 0 Å². The first-order chi connectivity index (χ1) is 13.1. The van der Waals surface area contributed by atoms with Crippen molar-refractivity contribution in [3.05, 3.63) is 54.7 Å². The summed E-state index contributed by atoms with van der Waals surface area (Å²) in [5.74, 6) is 1.92. The Morgan fingerprint density at radius 2 is 2.04 bits per heavy atom. The highest BCUT2D eigenvalue weighted by atomic mass is 16.3. The van der Waals surface area contributed by atoms with Gasteiger partial charge in [-0.2, -0.15) is 0 Å². The summed E-state index contributed by atoms with van der Waals surface area (Å²) in [5, 5.41) is 1.07. The number of aromatic nitrogens is 2. The summed E-state index contributed by atoms with van der Waals surface area (Å²) in [5.41, 5.74) is 0.859. The van der Waals surface area contributed by atoms with E-state index in [1.165, 1.54) is 0 Å². The third-order valence-corrected chi connectivity index (χ3v) is 5.50. The Hall–Kier alpha value is -2.89. The molecule has 27 heavy (non-hydrogen) atoms. The second-order valence-electron chi connectivity index (χ2n) is 7.14. The van der Waals surface area contributed by atoms with Crippen LogP contribution in [-0.4, -0.2) is 40.9 Å². The SMILES string of the molecule is CC(c1cc2ccccc2o1)N(C)C(=O)C1CCN(c2cnccn2)CC1. The van der Waals surface area contributed by atoms with Crippen LogP contribution in [0.2, 0.25) is 0 Å². The van der Waals surface area contributed by atoms with Crippen molar-refractivity contribution in [1.29, 1.82) is 0 Å². The van der Waals surface area contributed by atoms with Crippen molar-refractivity contribution in [3.8, 4) is 0 Å². The van der Waals surface area contributed by atoms with E-state index in [1.807, 2.05) is 49.2 Å². The van der Waals surface area contributed by atoms with Crippen LogP contribution in [-0.2, 0) is 4.79 Å². The van der Waals surface area contributed by atoms with Gasteiger partial charge in [0, 0.05) is 43.8 Å². The van der Waals surface area contributed by atoms with Crippen molar-refractivity contribution in [2.24, 2.45) is 5.92 Å². The lowest BCUT2D eigenvalue weighted by atomic mass is 9.94. The van der Waals surface area contributed by atoms with Crippen LogP contribution in [0.25, 0.3) is 11.0 Å². The van der Waals surface area contributed by atoms with Crippen molar-refractivity contribution in [1.82, 2.24) is 14.9 Å². The van der Waals surface area contributed by atoms with Gasteiger partial charge in [0.15, 0.2) is 0 Å². The first kappa shape index (κ1) is 17.5. The van der Waals surface area contributed by atoms with Crippen LogP contribution < -0.4 is 4.90 Å². The summed E-state index contributed by atoms with van der Waals surface area (Å²) >= 11 is 0. The molecular formula is C21H24N4O2. The Bertz CT molecular complexity index is 883. The number of rotatable bonds is 4. The van der Waals surface area contributed by atoms with Crippen LogP contribution in [0.4, 0.5) is 5.82 Å². The summed E-state index contributed by atoms with van der Waals surface area (Å²) in [6.07, 6.45) is 6.81. The molecule has 6 heteroatoms. The molecule has 1 atom stereocenters. The highest BCUT2D eigenvalue weighted by Crippen LogP contribution is 2.29. The lowest BCUT2D eigenvalue weighted by Gasteiger charge is -2.34. The lowest BCUT2D eigenvalue weighted by molar-refractivity contribution is -0.137. The third-order valence-electron chi connectivity index (χ3n) is 5.50. The molecule has 1 amide bonds. The summed E-state index contributed by atoms with van der Waals surface area (Å²) in [6, 6.07) is 9.87. The molecule has 1 aliphatic rings. The van der Waals surface area contributed by atoms with E-state index in [4.69, 9.17) is 4.42 Å². The zero-order chi connectivity index (χ0) is 18.8. The van der Waals surface area contributed by atoms with Crippen molar-refractivity contribution >= 4 is 22.7 Å². The first-order valence-electron chi connectivity index (χ1n) is 9.39. The summed E-state index contributed by atoms with van der Waals surface area (Å²) in [6.45, 7) is 3.66. The van der Waals surface area contributed by atoms with E-state index in [-0.39, 0.29) is 17.9 Å². The predicted octanol–water partition coefficient (Wildman–Crippen LogP) is 3.66. The van der Waals surface area contributed by atoms with Gasteiger partial charge in [0.25, 0.3) is 0 Å². The largest absolute Gasteiger partial charge is 0.459 e. The molecule has 3 aromatic rings. The predicted molar refractivity (Wildman–Crippen MR) is 104 cm³/mol. The summed E-state index contributed by atoms with van der Waals surface area (Å²) in [4.78, 5) is 25.5. The number of amides is 1. The zero-order valence-corrected chi connectivity index (χ0v) is 15.7. The summed E-state index contributed by atoms with van der Waals surface area (Å²) < 4.78 is 5.95. The van der Waals surface area contributed by atoms with Crippen molar-refractivity contribution in [3.63, 3.8) is 0 Å². The third kappa shape index (κ3) is 3.52. The monoisotopic (exact) mass is 364 g/mol. The zero-order valence-electron chi connectivity index (χ0n) is 15.7. The second kappa shape index (κ2) is 7.39. The van der Waals surface area contributed by atoms with E-state index in [0.29, 0.717) is 0 Å². The minimum absolute atomic E-state index is 0.0368. The average molecular weight is 364 g/mol. The Morgan fingerprint density at radius 3 is 2.74 bits per heavy atom. The Balaban J connectivity index is 1.40. The molecule has 2 aromatic heterocycles. The van der Waals surface area contributed by atoms with Crippen LogP contribution in [0.15, 0.2) is 53.3 Å². The number of piperidine rings is 1. The number of furan rings is 1. The van der Waals surface area contributed by atoms with Gasteiger partial charge in [-0.05, 0) is 31.9 Å². The van der Waals surface area contributed by atoms with Crippen LogP contribution in [0.3, 0.4) is 0 Å². The maximum Gasteiger partial charge on any atom is 0.226 e. The highest BCUT2D eigenvalue weighted by Gasteiger charge is 2.30. The van der Waals surface area contributed by atoms with Crippen LogP contribution in [0.1, 0.15) is 31.6 Å². The second-order valence-corrected chi connectivity index (χ2v) is 7.14. The molecule has 1 aromatic carbocycles. The summed E-state index contributed by atoms with van der Waals surface area (Å²) in [7, 11) is 1.87. The van der Waals surface area contributed by atoms with Crippen LogP contribution in [0.5, 0.6) is 0 Å². The van der Waals surface area contributed by atoms with Gasteiger partial charge in [-0.1, -0.05) is 18.2 Å². The van der Waals surface area contributed by atoms with E-state index in [9.17, 15) is 4.79 Å². The first-order valence-corrected chi connectivity index (χ1v) is 9.39. The van der Waals surface area contributed by atoms with Gasteiger partial charge in [-0.25, -0.2) is 4.98 Å². The Labute approximate surface area is 158 Å². The Morgan fingerprint density at radius 1 is 1.26 bits per heavy atom. The number of anilines is 1. The van der Waals surface area contributed by atoms with E-state index in [1.54, 1.807) is 18.6 Å². The number of carbonyl (C=O) groups is 1. The molecule has 0 N–H and O–H groups in total. The fourth-order valence-corrected chi connectivity index (χ4v) is 3.69. The molecule has 1 aliphatic heterocycles. The van der Waals surface area contributed by atoms with Gasteiger partial charge in [0.05, 0.1) is 12.2 Å². The lowest BCUT2D eigenvalue weighted by Crippen LogP contribution is -2.42. The molecule has 0 radical (unpaired) electrons. The molecule has 4 rings (SSSR count). The van der Waals surface area contributed by atoms with Gasteiger partial charge < -0.3 is 14.2 Å². The average Bonchev–Trinajstić information content (AvgIpc) is 3.17. The van der Waals surface area contributed by atoms with E-state index in [0.717, 1.165) is 48.5 Å². The van der Waals surface area contributed by atoms with Crippen molar-refractivity contribution in [2.75, 3.05) is 25.0 Å². The van der Waals surface area contributed by atoms with E-state index in [2.05, 4.69) is 14.9 Å². The topological polar surface area (TPSA) is 62.5 Å². The van der Waals surface area contributed by atoms with Crippen molar-refractivity contribution < 1.29 is 9.21 Å². The van der Waals surface area contributed by atoms with Gasteiger partial charge in [-0.3, -0.25) is 9.78 Å². The maximum absolute atomic E-state index is 13.0. The maximum atomic E-state index is 13.0. The molecule has 3 heterocycles. The highest BCUT2D eigenvalue weighted by molar-refractivity contribution is 5.80. The standard InChI is InChI=1S/C21H24N4O2/c1-15(19-13-17-5-3-4-6-18(17)27-19)24(2)21(26)16-7-11-25(12-8-16)20-14-22-9-10-23-20/h3-6,9-10,13-16H,7-8,11-12H2,1-2H3. The number of nitrogens with zero attached hydrogens (tertiary/aromatic N) is 4. The number of carbonyl (C=O) groups excluding carboxylic acids is 1. The van der Waals surface area contributed by atoms with E-state index >= 15 is 0 Å². The molecule has 0 spiro atoms. The van der Waals surface area contributed by atoms with E-state index < -0.39 is 0 Å². The molecule has 1 saturated heterocycles. The smallest absolute Gasteiger partial charge is 0.226 e. The number of fused-ring (bicyclic) bond motifs is 1. The molecule has 140 valence electrons. The number of benzene rings is 1. The minimum Gasteiger partial charge on any atom is -0.459 e. The molecule has 0 bridgehead atoms. The molecule has 0 aliphatic carbocycles. The fraction of sp³-hybridized carbons (Fsp3) is 0.381.